The summed E-state index contributed by atoms with van der Waals surface area (Å²) >= 11 is 0. The summed E-state index contributed by atoms with van der Waals surface area (Å²) < 4.78 is 0. The summed E-state index contributed by atoms with van der Waals surface area (Å²) in [6.07, 6.45) is 0.129. The van der Waals surface area contributed by atoms with E-state index in [4.69, 9.17) is 0 Å². The number of nitrogens with zero attached hydrogens (tertiary/aromatic N) is 2. The highest BCUT2D eigenvalue weighted by molar-refractivity contribution is 6.23. The summed E-state index contributed by atoms with van der Waals surface area (Å²) in [5.74, 6) is -2.30. The summed E-state index contributed by atoms with van der Waals surface area (Å²) in [7, 11) is 0. The average molecular weight is 520 g/mol. The molecule has 0 bridgehead atoms. The fourth-order valence-corrected chi connectivity index (χ4v) is 4.53. The molecule has 0 radical (unpaired) electrons. The molecule has 38 heavy (non-hydrogen) atoms. The first-order valence-electron chi connectivity index (χ1n) is 12.3. The van der Waals surface area contributed by atoms with Gasteiger partial charge in [-0.3, -0.25) is 34.2 Å². The van der Waals surface area contributed by atoms with Crippen LogP contribution in [-0.2, 0) is 27.5 Å². The Bertz CT molecular complexity index is 1320. The Labute approximate surface area is 219 Å². The van der Waals surface area contributed by atoms with Crippen molar-refractivity contribution in [2.45, 2.75) is 58.8 Å². The van der Waals surface area contributed by atoms with Gasteiger partial charge in [0.1, 0.15) is 6.04 Å². The number of hydrogen-bond donors (Lipinski definition) is 3. The molecule has 1 saturated heterocycles. The van der Waals surface area contributed by atoms with Crippen LogP contribution < -0.4 is 16.0 Å². The minimum Gasteiger partial charge on any atom is -0.336 e. The predicted molar refractivity (Wildman–Crippen MR) is 137 cm³/mol. The van der Waals surface area contributed by atoms with E-state index in [0.717, 1.165) is 10.5 Å². The SMILES string of the molecule is CC(=O)N(Cc1ccc(NC(=O)NCc2ccc3c(c2)C(=O)N(C2CCC(=O)NC2=O)C3=O)cc1)C(C)C. The molecule has 4 rings (SSSR count). The lowest BCUT2D eigenvalue weighted by atomic mass is 10.0. The van der Waals surface area contributed by atoms with E-state index < -0.39 is 35.7 Å². The van der Waals surface area contributed by atoms with Crippen molar-refractivity contribution in [1.82, 2.24) is 20.4 Å². The van der Waals surface area contributed by atoms with Crippen LogP contribution in [0.3, 0.4) is 0 Å². The first-order valence-corrected chi connectivity index (χ1v) is 12.3. The summed E-state index contributed by atoms with van der Waals surface area (Å²) in [5.41, 5.74) is 2.42. The van der Waals surface area contributed by atoms with Gasteiger partial charge < -0.3 is 15.5 Å². The van der Waals surface area contributed by atoms with E-state index in [1.54, 1.807) is 23.1 Å². The smallest absolute Gasteiger partial charge is 0.319 e. The van der Waals surface area contributed by atoms with E-state index >= 15 is 0 Å². The number of urea groups is 1. The number of anilines is 1. The third kappa shape index (κ3) is 5.56. The minimum absolute atomic E-state index is 0.0112. The zero-order valence-electron chi connectivity index (χ0n) is 21.4. The third-order valence-electron chi connectivity index (χ3n) is 6.55. The van der Waals surface area contributed by atoms with Crippen molar-refractivity contribution in [3.63, 3.8) is 0 Å². The number of carbonyl (C=O) groups excluding carboxylic acids is 6. The lowest BCUT2D eigenvalue weighted by Gasteiger charge is -2.27. The lowest BCUT2D eigenvalue weighted by Crippen LogP contribution is -2.54. The summed E-state index contributed by atoms with van der Waals surface area (Å²) in [6, 6.07) is 10.4. The molecule has 2 heterocycles. The molecular weight excluding hydrogens is 490 g/mol. The van der Waals surface area contributed by atoms with Crippen molar-refractivity contribution in [3.8, 4) is 0 Å². The van der Waals surface area contributed by atoms with Crippen LogP contribution in [0.5, 0.6) is 0 Å². The first kappa shape index (κ1) is 26.5. The van der Waals surface area contributed by atoms with Gasteiger partial charge in [0, 0.05) is 38.2 Å². The van der Waals surface area contributed by atoms with E-state index in [0.29, 0.717) is 17.8 Å². The van der Waals surface area contributed by atoms with Gasteiger partial charge in [0.25, 0.3) is 11.8 Å². The molecule has 3 N–H and O–H groups in total. The highest BCUT2D eigenvalue weighted by atomic mass is 16.2. The number of piperidine rings is 1. The lowest BCUT2D eigenvalue weighted by molar-refractivity contribution is -0.136. The van der Waals surface area contributed by atoms with E-state index in [2.05, 4.69) is 16.0 Å². The fourth-order valence-electron chi connectivity index (χ4n) is 4.53. The van der Waals surface area contributed by atoms with Gasteiger partial charge in [0.05, 0.1) is 11.1 Å². The van der Waals surface area contributed by atoms with Crippen LogP contribution in [0.4, 0.5) is 10.5 Å². The number of imide groups is 2. The first-order chi connectivity index (χ1) is 18.0. The van der Waals surface area contributed by atoms with Crippen LogP contribution in [0, 0.1) is 0 Å². The molecule has 1 unspecified atom stereocenters. The standard InChI is InChI=1S/C27H29N5O6/c1-15(2)31(16(3)33)14-17-4-7-19(8-5-17)29-27(38)28-13-18-6-9-20-21(12-18)26(37)32(25(20)36)22-10-11-23(34)30-24(22)35/h4-9,12,15,22H,10-11,13-14H2,1-3H3,(H2,28,29,38)(H,30,34,35). The second-order valence-electron chi connectivity index (χ2n) is 9.57. The fraction of sp³-hybridized carbons (Fsp3) is 0.333. The van der Waals surface area contributed by atoms with E-state index in [1.165, 1.54) is 19.1 Å². The molecule has 2 aromatic rings. The second kappa shape index (κ2) is 10.8. The third-order valence-corrected chi connectivity index (χ3v) is 6.55. The maximum Gasteiger partial charge on any atom is 0.319 e. The van der Waals surface area contributed by atoms with Crippen molar-refractivity contribution in [2.24, 2.45) is 0 Å². The number of hydrogen-bond acceptors (Lipinski definition) is 6. The number of rotatable bonds is 7. The highest BCUT2D eigenvalue weighted by Crippen LogP contribution is 2.28. The highest BCUT2D eigenvalue weighted by Gasteiger charge is 2.44. The molecule has 0 spiro atoms. The van der Waals surface area contributed by atoms with Gasteiger partial charge >= 0.3 is 6.03 Å². The normalized spacial score (nSPS) is 16.8. The molecule has 7 amide bonds. The monoisotopic (exact) mass is 519 g/mol. The van der Waals surface area contributed by atoms with E-state index in [-0.39, 0.29) is 42.5 Å². The average Bonchev–Trinajstić information content (AvgIpc) is 3.11. The summed E-state index contributed by atoms with van der Waals surface area (Å²) in [5, 5.41) is 7.61. The van der Waals surface area contributed by atoms with Crippen molar-refractivity contribution in [2.75, 3.05) is 5.32 Å². The van der Waals surface area contributed by atoms with Crippen molar-refractivity contribution < 1.29 is 28.8 Å². The molecule has 2 aliphatic heterocycles. The van der Waals surface area contributed by atoms with Gasteiger partial charge in [0.15, 0.2) is 0 Å². The van der Waals surface area contributed by atoms with E-state index in [9.17, 15) is 28.8 Å². The van der Waals surface area contributed by atoms with Gasteiger partial charge in [-0.1, -0.05) is 18.2 Å². The van der Waals surface area contributed by atoms with E-state index in [1.807, 2.05) is 26.0 Å². The van der Waals surface area contributed by atoms with Gasteiger partial charge in [-0.05, 0) is 55.7 Å². The number of carbonyl (C=O) groups is 6. The topological polar surface area (TPSA) is 145 Å². The maximum atomic E-state index is 13.0. The van der Waals surface area contributed by atoms with Crippen LogP contribution in [0.1, 0.15) is 65.5 Å². The van der Waals surface area contributed by atoms with Crippen molar-refractivity contribution in [1.29, 1.82) is 0 Å². The van der Waals surface area contributed by atoms with Gasteiger partial charge in [-0.25, -0.2) is 4.79 Å². The van der Waals surface area contributed by atoms with Gasteiger partial charge in [-0.15, -0.1) is 0 Å². The van der Waals surface area contributed by atoms with Crippen LogP contribution >= 0.6 is 0 Å². The molecule has 1 fully saturated rings. The molecule has 0 aliphatic carbocycles. The molecular formula is C27H29N5O6. The Hall–Kier alpha value is -4.54. The van der Waals surface area contributed by atoms with Crippen LogP contribution in [0.15, 0.2) is 42.5 Å². The number of nitrogens with one attached hydrogen (secondary N) is 3. The summed E-state index contributed by atoms with van der Waals surface area (Å²) in [6.45, 7) is 6.00. The Morgan fingerprint density at radius 2 is 1.66 bits per heavy atom. The number of amides is 7. The quantitative estimate of drug-likeness (QED) is 0.478. The zero-order valence-corrected chi connectivity index (χ0v) is 21.4. The molecule has 198 valence electrons. The molecule has 2 aliphatic rings. The minimum atomic E-state index is -1.03. The zero-order chi connectivity index (χ0) is 27.6. The predicted octanol–water partition coefficient (Wildman–Crippen LogP) is 2.17. The molecule has 0 aromatic heterocycles. The Morgan fingerprint density at radius 1 is 1.00 bits per heavy atom. The Kier molecular flexibility index (Phi) is 7.56. The van der Waals surface area contributed by atoms with Crippen LogP contribution in [0.2, 0.25) is 0 Å². The second-order valence-corrected chi connectivity index (χ2v) is 9.57. The largest absolute Gasteiger partial charge is 0.336 e. The maximum absolute atomic E-state index is 13.0. The molecule has 11 heteroatoms. The molecule has 0 saturated carbocycles. The molecule has 11 nitrogen and oxygen atoms in total. The molecule has 1 atom stereocenters. The Morgan fingerprint density at radius 3 is 2.29 bits per heavy atom. The van der Waals surface area contributed by atoms with Crippen LogP contribution in [0.25, 0.3) is 0 Å². The van der Waals surface area contributed by atoms with Crippen molar-refractivity contribution in [3.05, 3.63) is 64.7 Å². The molecule has 2 aromatic carbocycles. The number of benzene rings is 2. The Balaban J connectivity index is 1.34. The van der Waals surface area contributed by atoms with Crippen LogP contribution in [-0.4, -0.2) is 57.5 Å². The van der Waals surface area contributed by atoms with Gasteiger partial charge in [0.2, 0.25) is 17.7 Å². The van der Waals surface area contributed by atoms with Gasteiger partial charge in [-0.2, -0.15) is 0 Å². The van der Waals surface area contributed by atoms with Crippen molar-refractivity contribution >= 4 is 41.3 Å². The number of fused-ring (bicyclic) bond motifs is 1. The summed E-state index contributed by atoms with van der Waals surface area (Å²) in [4.78, 5) is 76.2.